The zero-order valence-corrected chi connectivity index (χ0v) is 39.6. The predicted octanol–water partition coefficient (Wildman–Crippen LogP) is 8.23. The molecule has 2 saturated heterocycles. The summed E-state index contributed by atoms with van der Waals surface area (Å²) in [4.78, 5) is 42.1. The van der Waals surface area contributed by atoms with E-state index < -0.39 is 37.3 Å². The molecule has 0 radical (unpaired) electrons. The lowest BCUT2D eigenvalue weighted by Crippen LogP contribution is -2.58. The molecule has 68 heavy (non-hydrogen) atoms. The van der Waals surface area contributed by atoms with Gasteiger partial charge in [0.05, 0.1) is 42.7 Å². The highest BCUT2D eigenvalue weighted by Gasteiger charge is 2.50. The maximum absolute atomic E-state index is 14.1. The second-order valence-electron chi connectivity index (χ2n) is 20.2. The molecule has 360 valence electrons. The molecule has 5 aliphatic rings. The van der Waals surface area contributed by atoms with Gasteiger partial charge in [0.15, 0.2) is 11.4 Å². The van der Waals surface area contributed by atoms with Crippen molar-refractivity contribution in [2.24, 2.45) is 11.3 Å². The van der Waals surface area contributed by atoms with Gasteiger partial charge in [-0.2, -0.15) is 8.42 Å². The van der Waals surface area contributed by atoms with E-state index in [0.717, 1.165) is 81.9 Å². The highest BCUT2D eigenvalue weighted by Crippen LogP contribution is 2.53. The van der Waals surface area contributed by atoms with Crippen LogP contribution >= 0.6 is 0 Å². The standard InChI is InChI=1S/C50H60N8O9S/c1-31(2)38-6-4-5-7-39(38)41-30-65-21-20-57(41)36-26-50(27-36)15-18-56(19-16-50)35-8-9-40(42(24-35)67-37-23-33-12-17-51-46(33)52-28-37)48(59)55-68(63,64)44-25-43-45(47(54-44)58(61)62)53-34(29-66-43)22-32-10-13-49(3,60)14-11-32/h4-9,12,17,23-25,28,31-32,34,36,41,53,60H,10-11,13-16,18-22,26-27,29-30H2,1-3H3,(H,51,52)(H,55,59)/t32?,34-,41+,49?/m0/s1. The number of pyridine rings is 2. The van der Waals surface area contributed by atoms with Crippen molar-refractivity contribution in [3.63, 3.8) is 0 Å². The second-order valence-corrected chi connectivity index (χ2v) is 21.8. The van der Waals surface area contributed by atoms with Crippen LogP contribution < -0.4 is 24.4 Å². The van der Waals surface area contributed by atoms with Gasteiger partial charge >= 0.3 is 15.8 Å². The van der Waals surface area contributed by atoms with Gasteiger partial charge in [-0.1, -0.05) is 38.1 Å². The molecule has 1 amide bonds. The number of benzene rings is 2. The summed E-state index contributed by atoms with van der Waals surface area (Å²) in [5.74, 6) is -0.624. The first kappa shape index (κ1) is 45.9. The largest absolute Gasteiger partial charge is 0.489 e. The molecule has 1 spiro atoms. The first-order chi connectivity index (χ1) is 32.6. The molecule has 2 aromatic carbocycles. The first-order valence-corrected chi connectivity index (χ1v) is 25.4. The van der Waals surface area contributed by atoms with E-state index in [2.05, 4.69) is 72.9 Å². The fourth-order valence-corrected chi connectivity index (χ4v) is 12.2. The summed E-state index contributed by atoms with van der Waals surface area (Å²) in [7, 11) is -4.77. The van der Waals surface area contributed by atoms with E-state index in [0.29, 0.717) is 49.2 Å². The Hall–Kier alpha value is -5.82. The third-order valence-corrected chi connectivity index (χ3v) is 16.4. The Morgan fingerprint density at radius 3 is 2.59 bits per heavy atom. The summed E-state index contributed by atoms with van der Waals surface area (Å²) in [6.45, 7) is 10.4. The summed E-state index contributed by atoms with van der Waals surface area (Å²) < 4.78 is 48.3. The van der Waals surface area contributed by atoms with Crippen molar-refractivity contribution in [2.45, 2.75) is 113 Å². The number of piperidine rings is 1. The van der Waals surface area contributed by atoms with Gasteiger partial charge in [-0.05, 0) is 127 Å². The van der Waals surface area contributed by atoms with Crippen LogP contribution in [0.3, 0.4) is 0 Å². The summed E-state index contributed by atoms with van der Waals surface area (Å²) in [6.07, 6.45) is 11.2. The number of ether oxygens (including phenoxy) is 3. The van der Waals surface area contributed by atoms with Gasteiger partial charge < -0.3 is 44.6 Å². The molecule has 4 fully saturated rings. The summed E-state index contributed by atoms with van der Waals surface area (Å²) >= 11 is 0. The van der Waals surface area contributed by atoms with Gasteiger partial charge in [0.1, 0.15) is 23.8 Å². The van der Waals surface area contributed by atoms with Crippen molar-refractivity contribution in [3.05, 3.63) is 99.9 Å². The molecule has 4 N–H and O–H groups in total. The molecule has 10 rings (SSSR count). The minimum Gasteiger partial charge on any atom is -0.489 e. The Morgan fingerprint density at radius 1 is 1.04 bits per heavy atom. The number of aromatic amines is 1. The van der Waals surface area contributed by atoms with Crippen LogP contribution in [-0.4, -0.2) is 101 Å². The average Bonchev–Trinajstić information content (AvgIpc) is 3.79. The number of nitrogens with zero attached hydrogens (tertiary/aromatic N) is 5. The molecule has 2 atom stereocenters. The monoisotopic (exact) mass is 948 g/mol. The van der Waals surface area contributed by atoms with E-state index in [1.54, 1.807) is 30.5 Å². The molecular weight excluding hydrogens is 889 g/mol. The fraction of sp³-hybridized carbons (Fsp3) is 0.500. The zero-order valence-electron chi connectivity index (χ0n) is 38.8. The van der Waals surface area contributed by atoms with Gasteiger partial charge in [0.2, 0.25) is 0 Å². The maximum Gasteiger partial charge on any atom is 0.392 e. The Morgan fingerprint density at radius 2 is 1.82 bits per heavy atom. The minimum absolute atomic E-state index is 0.0200. The summed E-state index contributed by atoms with van der Waals surface area (Å²) in [5.41, 5.74) is 3.69. The van der Waals surface area contributed by atoms with Crippen molar-refractivity contribution >= 4 is 44.2 Å². The molecule has 3 aliphatic heterocycles. The Balaban J connectivity index is 0.847. The average molecular weight is 949 g/mol. The number of aromatic nitrogens is 3. The van der Waals surface area contributed by atoms with Crippen molar-refractivity contribution < 1.29 is 37.5 Å². The number of hydrogen-bond acceptors (Lipinski definition) is 14. The van der Waals surface area contributed by atoms with Crippen LogP contribution in [0.2, 0.25) is 0 Å². The third kappa shape index (κ3) is 9.34. The number of H-pyrrole nitrogens is 1. The molecule has 2 saturated carbocycles. The number of fused-ring (bicyclic) bond motifs is 2. The molecular formula is C50H60N8O9S. The molecule has 17 nitrogen and oxygen atoms in total. The lowest BCUT2D eigenvalue weighted by Gasteiger charge is -2.57. The number of carbonyl (C=O) groups excluding carboxylic acids is 1. The van der Waals surface area contributed by atoms with E-state index in [1.165, 1.54) is 17.3 Å². The molecule has 0 unspecified atom stereocenters. The minimum atomic E-state index is -4.77. The molecule has 6 heterocycles. The van der Waals surface area contributed by atoms with Gasteiger partial charge in [0, 0.05) is 55.1 Å². The quantitative estimate of drug-likeness (QED) is 0.0685. The zero-order chi connectivity index (χ0) is 47.4. The van der Waals surface area contributed by atoms with Crippen molar-refractivity contribution in [1.29, 1.82) is 0 Å². The van der Waals surface area contributed by atoms with Crippen LogP contribution in [0.5, 0.6) is 17.2 Å². The van der Waals surface area contributed by atoms with Crippen molar-refractivity contribution in [3.8, 4) is 17.2 Å². The van der Waals surface area contributed by atoms with Crippen molar-refractivity contribution in [2.75, 3.05) is 49.7 Å². The van der Waals surface area contributed by atoms with Crippen LogP contribution in [0.1, 0.15) is 112 Å². The van der Waals surface area contributed by atoms with Crippen LogP contribution in [0, 0.1) is 21.4 Å². The fourth-order valence-electron chi connectivity index (χ4n) is 11.3. The predicted molar refractivity (Wildman–Crippen MR) is 256 cm³/mol. The van der Waals surface area contributed by atoms with Gasteiger partial charge in [0.25, 0.3) is 10.9 Å². The van der Waals surface area contributed by atoms with E-state index in [9.17, 15) is 28.4 Å². The lowest BCUT2D eigenvalue weighted by molar-refractivity contribution is -0.389. The first-order valence-electron chi connectivity index (χ1n) is 23.9. The number of amides is 1. The number of morpholine rings is 1. The Bertz CT molecular complexity index is 2810. The number of anilines is 2. The molecule has 0 bridgehead atoms. The van der Waals surface area contributed by atoms with Gasteiger partial charge in [-0.3, -0.25) is 9.69 Å². The molecule has 2 aliphatic carbocycles. The Labute approximate surface area is 396 Å². The van der Waals surface area contributed by atoms with Crippen LogP contribution in [0.25, 0.3) is 11.0 Å². The second kappa shape index (κ2) is 18.3. The molecule has 3 aromatic heterocycles. The van der Waals surface area contributed by atoms with E-state index in [4.69, 9.17) is 14.2 Å². The Kier molecular flexibility index (Phi) is 12.3. The summed E-state index contributed by atoms with van der Waals surface area (Å²) in [6, 6.07) is 19.0. The number of aliphatic hydroxyl groups is 1. The van der Waals surface area contributed by atoms with Crippen LogP contribution in [0.15, 0.2) is 78.1 Å². The van der Waals surface area contributed by atoms with Crippen LogP contribution in [-0.2, 0) is 14.8 Å². The van der Waals surface area contributed by atoms with E-state index >= 15 is 0 Å². The number of nitrogens with one attached hydrogen (secondary N) is 3. The maximum atomic E-state index is 14.1. The SMILES string of the molecule is CC(C)c1ccccc1[C@H]1COCCN1C1CC2(CCN(c3ccc(C(=O)NS(=O)(=O)c4cc5c(c([N+](=O)[O-])n4)N[C@@H](CC4CCC(C)(O)CC4)CO5)c(Oc4cnc5[nH]ccc5c4)c3)CC2)C1. The number of hydrogen-bond donors (Lipinski definition) is 4. The smallest absolute Gasteiger partial charge is 0.392 e. The molecule has 18 heteroatoms. The summed E-state index contributed by atoms with van der Waals surface area (Å²) in [5, 5.41) is 25.9. The lowest BCUT2D eigenvalue weighted by atomic mass is 9.59. The third-order valence-electron chi connectivity index (χ3n) is 15.2. The van der Waals surface area contributed by atoms with Crippen molar-refractivity contribution in [1.82, 2.24) is 24.6 Å². The molecule has 5 aromatic rings. The number of rotatable bonds is 12. The highest BCUT2D eigenvalue weighted by molar-refractivity contribution is 7.90. The van der Waals surface area contributed by atoms with Crippen LogP contribution in [0.4, 0.5) is 17.2 Å². The number of sulfonamides is 1. The topological polar surface area (TPSA) is 214 Å². The van der Waals surface area contributed by atoms with Gasteiger partial charge in [-0.15, -0.1) is 0 Å². The number of carbonyl (C=O) groups is 1. The number of nitro groups is 1. The highest BCUT2D eigenvalue weighted by atomic mass is 32.2. The normalized spacial score (nSPS) is 24.2. The van der Waals surface area contributed by atoms with E-state index in [-0.39, 0.29) is 52.8 Å². The van der Waals surface area contributed by atoms with Gasteiger partial charge in [-0.25, -0.2) is 9.71 Å². The van der Waals surface area contributed by atoms with E-state index in [1.807, 2.05) is 13.0 Å².